The average molecular weight is 401 g/mol. The van der Waals surface area contributed by atoms with E-state index in [1.54, 1.807) is 6.26 Å². The molecule has 0 spiro atoms. The van der Waals surface area contributed by atoms with Gasteiger partial charge in [0.2, 0.25) is 11.8 Å². The topological polar surface area (TPSA) is 187 Å². The molecule has 0 aliphatic rings. The Morgan fingerprint density at radius 3 is 2.41 bits per heavy atom. The summed E-state index contributed by atoms with van der Waals surface area (Å²) in [6.07, 6.45) is 4.26. The molecule has 27 heavy (non-hydrogen) atoms. The van der Waals surface area contributed by atoms with Gasteiger partial charge in [-0.25, -0.2) is 9.78 Å². The van der Waals surface area contributed by atoms with Gasteiger partial charge in [-0.15, -0.1) is 0 Å². The summed E-state index contributed by atoms with van der Waals surface area (Å²) in [5, 5.41) is 22.7. The highest BCUT2D eigenvalue weighted by atomic mass is 32.2. The van der Waals surface area contributed by atoms with E-state index in [-0.39, 0.29) is 12.8 Å². The Morgan fingerprint density at radius 1 is 1.22 bits per heavy atom. The predicted octanol–water partition coefficient (Wildman–Crippen LogP) is -1.44. The molecule has 0 aliphatic carbocycles. The van der Waals surface area contributed by atoms with Crippen molar-refractivity contribution in [3.63, 3.8) is 0 Å². The molecule has 1 aromatic rings. The molecule has 1 aromatic heterocycles. The lowest BCUT2D eigenvalue weighted by Gasteiger charge is -2.21. The van der Waals surface area contributed by atoms with Gasteiger partial charge in [0.1, 0.15) is 12.1 Å². The van der Waals surface area contributed by atoms with Crippen LogP contribution in [0.5, 0.6) is 0 Å². The number of aromatic nitrogens is 2. The Morgan fingerprint density at radius 2 is 1.89 bits per heavy atom. The number of aliphatic carboxylic acids is 2. The van der Waals surface area contributed by atoms with Gasteiger partial charge in [-0.2, -0.15) is 11.8 Å². The number of imidazole rings is 1. The summed E-state index contributed by atoms with van der Waals surface area (Å²) in [7, 11) is 0. The molecule has 1 heterocycles. The molecule has 0 aromatic carbocycles. The molecule has 0 bridgehead atoms. The molecule has 7 N–H and O–H groups in total. The second-order valence-electron chi connectivity index (χ2n) is 5.73. The standard InChI is InChI=1S/C15H23N5O6S/c1-27-3-2-10(15(25)26)19-14(24)11(5-12(21)22)20-13(23)9(16)4-8-6-17-7-18-8/h6-7,9-11H,2-5,16H2,1H3,(H,17,18)(H,19,24)(H,20,23)(H,21,22)(H,25,26)/t9-,10-,11-/m0/s1. The van der Waals surface area contributed by atoms with E-state index in [0.717, 1.165) is 0 Å². The number of rotatable bonds is 12. The third kappa shape index (κ3) is 8.09. The molecule has 0 unspecified atom stereocenters. The Kier molecular flexibility index (Phi) is 9.30. The van der Waals surface area contributed by atoms with Gasteiger partial charge in [0, 0.05) is 18.3 Å². The lowest BCUT2D eigenvalue weighted by molar-refractivity contribution is -0.143. The first-order valence-corrected chi connectivity index (χ1v) is 9.41. The summed E-state index contributed by atoms with van der Waals surface area (Å²) in [6, 6.07) is -3.67. The van der Waals surface area contributed by atoms with Crippen molar-refractivity contribution in [2.75, 3.05) is 12.0 Å². The van der Waals surface area contributed by atoms with Gasteiger partial charge in [0.25, 0.3) is 0 Å². The molecule has 2 amide bonds. The number of aromatic amines is 1. The van der Waals surface area contributed by atoms with E-state index in [4.69, 9.17) is 15.9 Å². The lowest BCUT2D eigenvalue weighted by atomic mass is 10.1. The first kappa shape index (κ1) is 22.4. The normalized spacial score (nSPS) is 14.0. The van der Waals surface area contributed by atoms with Crippen molar-refractivity contribution < 1.29 is 29.4 Å². The van der Waals surface area contributed by atoms with Crippen molar-refractivity contribution in [2.24, 2.45) is 5.73 Å². The molecule has 0 saturated heterocycles. The number of carboxylic acid groups (broad SMARTS) is 2. The Balaban J connectivity index is 2.74. The second-order valence-corrected chi connectivity index (χ2v) is 6.71. The molecular formula is C15H23N5O6S. The predicted molar refractivity (Wildman–Crippen MR) is 97.0 cm³/mol. The zero-order valence-corrected chi connectivity index (χ0v) is 15.5. The summed E-state index contributed by atoms with van der Waals surface area (Å²) >= 11 is 1.41. The third-order valence-corrected chi connectivity index (χ3v) is 4.21. The minimum Gasteiger partial charge on any atom is -0.481 e. The number of amides is 2. The second kappa shape index (κ2) is 11.2. The maximum atomic E-state index is 12.3. The third-order valence-electron chi connectivity index (χ3n) is 3.57. The zero-order valence-electron chi connectivity index (χ0n) is 14.7. The molecular weight excluding hydrogens is 378 g/mol. The van der Waals surface area contributed by atoms with Crippen LogP contribution in [0, 0.1) is 0 Å². The fraction of sp³-hybridized carbons (Fsp3) is 0.533. The molecule has 3 atom stereocenters. The number of hydrogen-bond donors (Lipinski definition) is 6. The number of carbonyl (C=O) groups is 4. The first-order chi connectivity index (χ1) is 12.7. The molecule has 11 nitrogen and oxygen atoms in total. The van der Waals surface area contributed by atoms with Crippen LogP contribution in [0.1, 0.15) is 18.5 Å². The van der Waals surface area contributed by atoms with E-state index in [0.29, 0.717) is 11.4 Å². The van der Waals surface area contributed by atoms with Crippen molar-refractivity contribution in [1.82, 2.24) is 20.6 Å². The molecule has 0 radical (unpaired) electrons. The van der Waals surface area contributed by atoms with Crippen LogP contribution in [0.2, 0.25) is 0 Å². The summed E-state index contributed by atoms with van der Waals surface area (Å²) in [5.74, 6) is -3.71. The quantitative estimate of drug-likeness (QED) is 0.244. The Bertz CT molecular complexity index is 653. The number of H-pyrrole nitrogens is 1. The minimum absolute atomic E-state index is 0.110. The largest absolute Gasteiger partial charge is 0.481 e. The van der Waals surface area contributed by atoms with E-state index in [9.17, 15) is 19.2 Å². The van der Waals surface area contributed by atoms with Crippen molar-refractivity contribution in [1.29, 1.82) is 0 Å². The molecule has 12 heteroatoms. The van der Waals surface area contributed by atoms with Crippen molar-refractivity contribution in [2.45, 2.75) is 37.4 Å². The van der Waals surface area contributed by atoms with Gasteiger partial charge in [-0.05, 0) is 18.4 Å². The Hall–Kier alpha value is -2.60. The fourth-order valence-corrected chi connectivity index (χ4v) is 2.63. The number of thioether (sulfide) groups is 1. The summed E-state index contributed by atoms with van der Waals surface area (Å²) in [5.41, 5.74) is 6.36. The van der Waals surface area contributed by atoms with Crippen LogP contribution in [0.3, 0.4) is 0 Å². The monoisotopic (exact) mass is 401 g/mol. The molecule has 0 saturated carbocycles. The van der Waals surface area contributed by atoms with E-state index in [1.807, 2.05) is 0 Å². The van der Waals surface area contributed by atoms with Crippen LogP contribution < -0.4 is 16.4 Å². The van der Waals surface area contributed by atoms with Crippen LogP contribution in [0.4, 0.5) is 0 Å². The highest BCUT2D eigenvalue weighted by Crippen LogP contribution is 2.04. The van der Waals surface area contributed by atoms with Crippen molar-refractivity contribution in [3.05, 3.63) is 18.2 Å². The molecule has 150 valence electrons. The van der Waals surface area contributed by atoms with Gasteiger partial charge in [0.05, 0.1) is 18.8 Å². The number of nitrogens with two attached hydrogens (primary N) is 1. The van der Waals surface area contributed by atoms with Crippen LogP contribution >= 0.6 is 11.8 Å². The Labute approximate surface area is 159 Å². The first-order valence-electron chi connectivity index (χ1n) is 8.01. The van der Waals surface area contributed by atoms with E-state index < -0.39 is 48.3 Å². The SMILES string of the molecule is CSCC[C@H](NC(=O)[C@H](CC(=O)O)NC(=O)[C@@H](N)Cc1cnc[nH]1)C(=O)O. The number of hydrogen-bond acceptors (Lipinski definition) is 7. The van der Waals surface area contributed by atoms with Gasteiger partial charge in [0.15, 0.2) is 0 Å². The number of nitrogens with zero attached hydrogens (tertiary/aromatic N) is 1. The number of carbonyl (C=O) groups excluding carboxylic acids is 2. The lowest BCUT2D eigenvalue weighted by Crippen LogP contribution is -2.55. The van der Waals surface area contributed by atoms with E-state index in [1.165, 1.54) is 24.3 Å². The van der Waals surface area contributed by atoms with Crippen molar-refractivity contribution >= 4 is 35.5 Å². The summed E-state index contributed by atoms with van der Waals surface area (Å²) < 4.78 is 0. The molecule has 0 aliphatic heterocycles. The smallest absolute Gasteiger partial charge is 0.326 e. The van der Waals surface area contributed by atoms with Crippen molar-refractivity contribution in [3.8, 4) is 0 Å². The van der Waals surface area contributed by atoms with Crippen LogP contribution in [-0.4, -0.2) is 74.1 Å². The fourth-order valence-electron chi connectivity index (χ4n) is 2.15. The van der Waals surface area contributed by atoms with E-state index >= 15 is 0 Å². The minimum atomic E-state index is -1.45. The van der Waals surface area contributed by atoms with Gasteiger partial charge in [-0.1, -0.05) is 0 Å². The maximum Gasteiger partial charge on any atom is 0.326 e. The van der Waals surface area contributed by atoms with Crippen LogP contribution in [-0.2, 0) is 25.6 Å². The van der Waals surface area contributed by atoms with Gasteiger partial charge >= 0.3 is 11.9 Å². The van der Waals surface area contributed by atoms with Crippen LogP contribution in [0.15, 0.2) is 12.5 Å². The summed E-state index contributed by atoms with van der Waals surface area (Å²) in [6.45, 7) is 0. The highest BCUT2D eigenvalue weighted by Gasteiger charge is 2.29. The molecule has 1 rings (SSSR count). The van der Waals surface area contributed by atoms with Gasteiger partial charge < -0.3 is 31.6 Å². The average Bonchev–Trinajstić information content (AvgIpc) is 3.09. The zero-order chi connectivity index (χ0) is 20.4. The van der Waals surface area contributed by atoms with E-state index in [2.05, 4.69) is 20.6 Å². The number of carboxylic acids is 2. The maximum absolute atomic E-state index is 12.3. The summed E-state index contributed by atoms with van der Waals surface area (Å²) in [4.78, 5) is 53.3. The number of nitrogens with one attached hydrogen (secondary N) is 3. The van der Waals surface area contributed by atoms with Crippen LogP contribution in [0.25, 0.3) is 0 Å². The molecule has 0 fully saturated rings. The highest BCUT2D eigenvalue weighted by molar-refractivity contribution is 7.98. The van der Waals surface area contributed by atoms with Gasteiger partial charge in [-0.3, -0.25) is 14.4 Å².